The number of nitrogens with one attached hydrogen (secondary N) is 2. The number of nitrogens with zero attached hydrogens (tertiary/aromatic N) is 1. The molecule has 0 spiro atoms. The van der Waals surface area contributed by atoms with Gasteiger partial charge in [0.15, 0.2) is 0 Å². The maximum atomic E-state index is 11.4. The van der Waals surface area contributed by atoms with Crippen LogP contribution in [-0.2, 0) is 11.2 Å². The minimum Gasteiger partial charge on any atom is -0.383 e. The van der Waals surface area contributed by atoms with Gasteiger partial charge in [0.05, 0.1) is 12.3 Å². The molecule has 0 bridgehead atoms. The minimum absolute atomic E-state index is 0.333. The standard InChI is InChI=1S/C13H16ClN3O2/c1-19-8-7-15-13(18)17-16-12-6-5-9-10(12)3-2-4-11(9)14/h2-4H,5-8H2,1H3,(H2,15,17,18)/b16-12+. The number of fused-ring (bicyclic) bond motifs is 1. The van der Waals surface area contributed by atoms with Gasteiger partial charge in [-0.15, -0.1) is 0 Å². The van der Waals surface area contributed by atoms with Gasteiger partial charge in [-0.05, 0) is 24.5 Å². The largest absolute Gasteiger partial charge is 0.383 e. The lowest BCUT2D eigenvalue weighted by Gasteiger charge is -2.05. The summed E-state index contributed by atoms with van der Waals surface area (Å²) in [5, 5.41) is 7.53. The summed E-state index contributed by atoms with van der Waals surface area (Å²) in [6.07, 6.45) is 1.65. The third kappa shape index (κ3) is 3.45. The molecule has 0 aromatic heterocycles. The Morgan fingerprint density at radius 1 is 1.47 bits per heavy atom. The average molecular weight is 282 g/mol. The number of carbonyl (C=O) groups excluding carboxylic acids is 1. The zero-order chi connectivity index (χ0) is 13.7. The van der Waals surface area contributed by atoms with Crippen molar-refractivity contribution in [2.45, 2.75) is 12.8 Å². The third-order valence-corrected chi connectivity index (χ3v) is 3.28. The molecule has 0 saturated carbocycles. The number of carbonyl (C=O) groups is 1. The van der Waals surface area contributed by atoms with Crippen molar-refractivity contribution in [3.63, 3.8) is 0 Å². The number of hydrazone groups is 1. The Kier molecular flexibility index (Phi) is 4.76. The zero-order valence-electron chi connectivity index (χ0n) is 10.7. The van der Waals surface area contributed by atoms with E-state index in [0.29, 0.717) is 13.2 Å². The van der Waals surface area contributed by atoms with Crippen LogP contribution < -0.4 is 10.7 Å². The van der Waals surface area contributed by atoms with Crippen LogP contribution in [-0.4, -0.2) is 32.0 Å². The van der Waals surface area contributed by atoms with Crippen LogP contribution in [0.25, 0.3) is 0 Å². The van der Waals surface area contributed by atoms with Crippen molar-refractivity contribution >= 4 is 23.3 Å². The van der Waals surface area contributed by atoms with Gasteiger partial charge < -0.3 is 10.1 Å². The Morgan fingerprint density at radius 2 is 2.32 bits per heavy atom. The average Bonchev–Trinajstić information content (AvgIpc) is 2.81. The molecule has 2 amide bonds. The number of urea groups is 1. The van der Waals surface area contributed by atoms with Gasteiger partial charge in [-0.1, -0.05) is 23.7 Å². The molecule has 0 saturated heterocycles. The molecule has 0 unspecified atom stereocenters. The molecule has 0 fully saturated rings. The molecule has 1 aliphatic carbocycles. The minimum atomic E-state index is -0.333. The molecule has 0 aliphatic heterocycles. The molecular formula is C13H16ClN3O2. The van der Waals surface area contributed by atoms with E-state index in [4.69, 9.17) is 16.3 Å². The van der Waals surface area contributed by atoms with E-state index in [1.165, 1.54) is 0 Å². The number of hydrogen-bond donors (Lipinski definition) is 2. The lowest BCUT2D eigenvalue weighted by atomic mass is 10.1. The first-order valence-electron chi connectivity index (χ1n) is 6.09. The summed E-state index contributed by atoms with van der Waals surface area (Å²) in [5.41, 5.74) is 5.46. The third-order valence-electron chi connectivity index (χ3n) is 2.93. The first kappa shape index (κ1) is 13.8. The molecular weight excluding hydrogens is 266 g/mol. The smallest absolute Gasteiger partial charge is 0.335 e. The first-order chi connectivity index (χ1) is 9.22. The monoisotopic (exact) mass is 281 g/mol. The maximum Gasteiger partial charge on any atom is 0.335 e. The van der Waals surface area contributed by atoms with Crippen LogP contribution in [0.2, 0.25) is 5.02 Å². The van der Waals surface area contributed by atoms with E-state index in [0.717, 1.165) is 34.7 Å². The van der Waals surface area contributed by atoms with Crippen molar-refractivity contribution in [3.05, 3.63) is 34.3 Å². The van der Waals surface area contributed by atoms with Crippen molar-refractivity contribution in [2.75, 3.05) is 20.3 Å². The predicted octanol–water partition coefficient (Wildman–Crippen LogP) is 1.94. The fourth-order valence-electron chi connectivity index (χ4n) is 2.00. The fraction of sp³-hybridized carbons (Fsp3) is 0.385. The van der Waals surface area contributed by atoms with Crippen molar-refractivity contribution in [1.29, 1.82) is 0 Å². The number of amides is 2. The van der Waals surface area contributed by atoms with Crippen LogP contribution in [0.5, 0.6) is 0 Å². The van der Waals surface area contributed by atoms with Gasteiger partial charge in [0.2, 0.25) is 0 Å². The predicted molar refractivity (Wildman–Crippen MR) is 74.7 cm³/mol. The van der Waals surface area contributed by atoms with E-state index in [2.05, 4.69) is 15.8 Å². The Morgan fingerprint density at radius 3 is 3.11 bits per heavy atom. The van der Waals surface area contributed by atoms with Gasteiger partial charge in [-0.2, -0.15) is 5.10 Å². The van der Waals surface area contributed by atoms with Gasteiger partial charge >= 0.3 is 6.03 Å². The van der Waals surface area contributed by atoms with Crippen LogP contribution in [0, 0.1) is 0 Å². The van der Waals surface area contributed by atoms with Gasteiger partial charge in [0.1, 0.15) is 0 Å². The highest BCUT2D eigenvalue weighted by Crippen LogP contribution is 2.28. The molecule has 2 rings (SSSR count). The van der Waals surface area contributed by atoms with Crippen LogP contribution in [0.15, 0.2) is 23.3 Å². The van der Waals surface area contributed by atoms with E-state index in [9.17, 15) is 4.79 Å². The lowest BCUT2D eigenvalue weighted by molar-refractivity contribution is 0.196. The van der Waals surface area contributed by atoms with Crippen molar-refractivity contribution in [3.8, 4) is 0 Å². The summed E-state index contributed by atoms with van der Waals surface area (Å²) in [6.45, 7) is 0.929. The number of halogens is 1. The molecule has 0 atom stereocenters. The highest BCUT2D eigenvalue weighted by molar-refractivity contribution is 6.32. The summed E-state index contributed by atoms with van der Waals surface area (Å²) in [5.74, 6) is 0. The SMILES string of the molecule is COCCNC(=O)N/N=C1\CCc2c(Cl)cccc21. The molecule has 6 heteroatoms. The Labute approximate surface area is 117 Å². The summed E-state index contributed by atoms with van der Waals surface area (Å²) in [6, 6.07) is 5.40. The molecule has 1 aromatic carbocycles. The molecule has 5 nitrogen and oxygen atoms in total. The number of methoxy groups -OCH3 is 1. The second-order valence-electron chi connectivity index (χ2n) is 4.18. The lowest BCUT2D eigenvalue weighted by Crippen LogP contribution is -2.34. The Bertz CT molecular complexity index is 503. The normalized spacial score (nSPS) is 15.4. The van der Waals surface area contributed by atoms with E-state index >= 15 is 0 Å². The second kappa shape index (κ2) is 6.54. The Hall–Kier alpha value is -1.59. The molecule has 1 aliphatic rings. The Balaban J connectivity index is 1.96. The van der Waals surface area contributed by atoms with Crippen molar-refractivity contribution in [2.24, 2.45) is 5.10 Å². The number of rotatable bonds is 4. The zero-order valence-corrected chi connectivity index (χ0v) is 11.5. The van der Waals surface area contributed by atoms with Gasteiger partial charge in [0, 0.05) is 24.2 Å². The summed E-state index contributed by atoms with van der Waals surface area (Å²) in [4.78, 5) is 11.4. The first-order valence-corrected chi connectivity index (χ1v) is 6.47. The number of ether oxygens (including phenoxy) is 1. The summed E-state index contributed by atoms with van der Waals surface area (Å²) >= 11 is 6.11. The van der Waals surface area contributed by atoms with E-state index in [1.54, 1.807) is 7.11 Å². The molecule has 19 heavy (non-hydrogen) atoms. The molecule has 2 N–H and O–H groups in total. The number of hydrogen-bond acceptors (Lipinski definition) is 3. The van der Waals surface area contributed by atoms with Gasteiger partial charge in [-0.25, -0.2) is 10.2 Å². The fourth-order valence-corrected chi connectivity index (χ4v) is 2.27. The summed E-state index contributed by atoms with van der Waals surface area (Å²) < 4.78 is 4.84. The topological polar surface area (TPSA) is 62.7 Å². The van der Waals surface area contributed by atoms with Crippen LogP contribution in [0.3, 0.4) is 0 Å². The van der Waals surface area contributed by atoms with Gasteiger partial charge in [0.25, 0.3) is 0 Å². The van der Waals surface area contributed by atoms with Crippen LogP contribution in [0.1, 0.15) is 17.5 Å². The molecule has 102 valence electrons. The molecule has 1 aromatic rings. The maximum absolute atomic E-state index is 11.4. The second-order valence-corrected chi connectivity index (χ2v) is 4.59. The van der Waals surface area contributed by atoms with Gasteiger partial charge in [-0.3, -0.25) is 0 Å². The van der Waals surface area contributed by atoms with E-state index in [-0.39, 0.29) is 6.03 Å². The van der Waals surface area contributed by atoms with Crippen molar-refractivity contribution in [1.82, 2.24) is 10.7 Å². The molecule has 0 heterocycles. The molecule has 0 radical (unpaired) electrons. The van der Waals surface area contributed by atoms with Crippen LogP contribution in [0.4, 0.5) is 4.79 Å². The van der Waals surface area contributed by atoms with E-state index < -0.39 is 0 Å². The highest BCUT2D eigenvalue weighted by atomic mass is 35.5. The highest BCUT2D eigenvalue weighted by Gasteiger charge is 2.19. The van der Waals surface area contributed by atoms with E-state index in [1.807, 2.05) is 18.2 Å². The van der Waals surface area contributed by atoms with Crippen molar-refractivity contribution < 1.29 is 9.53 Å². The van der Waals surface area contributed by atoms with Crippen LogP contribution >= 0.6 is 11.6 Å². The summed E-state index contributed by atoms with van der Waals surface area (Å²) in [7, 11) is 1.58. The number of benzene rings is 1. The quantitative estimate of drug-likeness (QED) is 0.654.